The molecule has 0 saturated heterocycles. The molecule has 0 aliphatic heterocycles. The van der Waals surface area contributed by atoms with E-state index in [1.54, 1.807) is 18.2 Å². The van der Waals surface area contributed by atoms with Gasteiger partial charge in [0.25, 0.3) is 5.91 Å². The Balaban J connectivity index is 1.86. The van der Waals surface area contributed by atoms with E-state index in [2.05, 4.69) is 10.5 Å². The highest BCUT2D eigenvalue weighted by Gasteiger charge is 2.19. The lowest BCUT2D eigenvalue weighted by Crippen LogP contribution is -2.15. The Hall–Kier alpha value is -3.62. The van der Waals surface area contributed by atoms with Crippen LogP contribution in [0.25, 0.3) is 11.3 Å². The number of rotatable bonds is 6. The van der Waals surface area contributed by atoms with Gasteiger partial charge in [0.2, 0.25) is 0 Å². The Labute approximate surface area is 165 Å². The van der Waals surface area contributed by atoms with Crippen molar-refractivity contribution in [1.82, 2.24) is 5.16 Å². The molecule has 0 atom stereocenters. The van der Waals surface area contributed by atoms with Crippen molar-refractivity contribution >= 4 is 17.3 Å². The minimum Gasteiger partial charge on any atom is -0.497 e. The molecular weight excluding hydrogens is 384 g/mol. The lowest BCUT2D eigenvalue weighted by Gasteiger charge is -2.15. The largest absolute Gasteiger partial charge is 0.497 e. The Morgan fingerprint density at radius 3 is 2.34 bits per heavy atom. The van der Waals surface area contributed by atoms with Crippen molar-refractivity contribution in [3.05, 3.63) is 53.7 Å². The summed E-state index contributed by atoms with van der Waals surface area (Å²) < 4.78 is 43.9. The van der Waals surface area contributed by atoms with Gasteiger partial charge in [0, 0.05) is 25.8 Å². The van der Waals surface area contributed by atoms with E-state index in [1.165, 1.54) is 39.3 Å². The van der Waals surface area contributed by atoms with Gasteiger partial charge in [0.05, 0.1) is 19.8 Å². The highest BCUT2D eigenvalue weighted by molar-refractivity contribution is 6.03. The fourth-order valence-corrected chi connectivity index (χ4v) is 2.78. The first-order chi connectivity index (χ1) is 13.8. The van der Waals surface area contributed by atoms with E-state index in [1.807, 2.05) is 0 Å². The number of hydrogen-bond donors (Lipinski definition) is 1. The molecule has 0 aliphatic carbocycles. The molecule has 3 rings (SSSR count). The second kappa shape index (κ2) is 8.17. The van der Waals surface area contributed by atoms with Gasteiger partial charge in [-0.1, -0.05) is 5.16 Å². The second-order valence-corrected chi connectivity index (χ2v) is 6.28. The van der Waals surface area contributed by atoms with Gasteiger partial charge < -0.3 is 24.2 Å². The number of carbonyl (C=O) groups is 1. The van der Waals surface area contributed by atoms with Crippen molar-refractivity contribution in [2.75, 3.05) is 38.5 Å². The van der Waals surface area contributed by atoms with Crippen LogP contribution in [0.5, 0.6) is 11.5 Å². The van der Waals surface area contributed by atoms with Crippen molar-refractivity contribution in [2.24, 2.45) is 0 Å². The number of benzene rings is 2. The van der Waals surface area contributed by atoms with Gasteiger partial charge in [-0.2, -0.15) is 0 Å². The molecule has 152 valence electrons. The zero-order valence-corrected chi connectivity index (χ0v) is 16.2. The van der Waals surface area contributed by atoms with E-state index in [0.29, 0.717) is 17.1 Å². The highest BCUT2D eigenvalue weighted by atomic mass is 19.1. The predicted octanol–water partition coefficient (Wildman–Crippen LogP) is 3.96. The Morgan fingerprint density at radius 1 is 1.07 bits per heavy atom. The number of halogens is 2. The first-order valence-corrected chi connectivity index (χ1v) is 8.51. The minimum atomic E-state index is -0.799. The maximum Gasteiger partial charge on any atom is 0.277 e. The molecule has 7 nitrogen and oxygen atoms in total. The van der Waals surface area contributed by atoms with Gasteiger partial charge in [-0.3, -0.25) is 4.79 Å². The van der Waals surface area contributed by atoms with E-state index in [0.717, 1.165) is 12.1 Å². The third kappa shape index (κ3) is 4.13. The number of amides is 1. The third-order valence-electron chi connectivity index (χ3n) is 4.14. The molecule has 0 fully saturated rings. The molecule has 9 heteroatoms. The fraction of sp³-hybridized carbons (Fsp3) is 0.200. The number of aromatic nitrogens is 1. The molecule has 0 unspecified atom stereocenters. The molecule has 1 N–H and O–H groups in total. The molecule has 1 heterocycles. The van der Waals surface area contributed by atoms with Crippen LogP contribution in [0.2, 0.25) is 0 Å². The SMILES string of the molecule is COc1ccc(OC)c(-c2cc(C(=O)Nc3cc(F)c(N(C)C)c(F)c3)no2)c1. The Kier molecular flexibility index (Phi) is 5.67. The molecule has 29 heavy (non-hydrogen) atoms. The summed E-state index contributed by atoms with van der Waals surface area (Å²) in [6, 6.07) is 8.53. The van der Waals surface area contributed by atoms with E-state index >= 15 is 0 Å². The van der Waals surface area contributed by atoms with Crippen molar-refractivity contribution in [1.29, 1.82) is 0 Å². The van der Waals surface area contributed by atoms with Crippen LogP contribution in [0.15, 0.2) is 40.9 Å². The molecule has 3 aromatic rings. The summed E-state index contributed by atoms with van der Waals surface area (Å²) in [5.41, 5.74) is 0.226. The molecule has 0 radical (unpaired) electrons. The van der Waals surface area contributed by atoms with Crippen LogP contribution in [-0.2, 0) is 0 Å². The summed E-state index contributed by atoms with van der Waals surface area (Å²) in [4.78, 5) is 13.7. The number of anilines is 2. The predicted molar refractivity (Wildman–Crippen MR) is 104 cm³/mol. The molecule has 0 saturated carbocycles. The third-order valence-corrected chi connectivity index (χ3v) is 4.14. The van der Waals surface area contributed by atoms with Crippen LogP contribution in [0, 0.1) is 11.6 Å². The van der Waals surface area contributed by atoms with Crippen LogP contribution in [0.3, 0.4) is 0 Å². The molecule has 0 aliphatic rings. The summed E-state index contributed by atoms with van der Waals surface area (Å²) in [6.45, 7) is 0. The van der Waals surface area contributed by atoms with Crippen molar-refractivity contribution < 1.29 is 27.6 Å². The number of methoxy groups -OCH3 is 2. The zero-order chi connectivity index (χ0) is 21.1. The van der Waals surface area contributed by atoms with E-state index in [9.17, 15) is 13.6 Å². The van der Waals surface area contributed by atoms with Crippen molar-refractivity contribution in [3.8, 4) is 22.8 Å². The second-order valence-electron chi connectivity index (χ2n) is 6.28. The summed E-state index contributed by atoms with van der Waals surface area (Å²) >= 11 is 0. The molecule has 0 spiro atoms. The average Bonchev–Trinajstić information content (AvgIpc) is 3.16. The quantitative estimate of drug-likeness (QED) is 0.672. The summed E-state index contributed by atoms with van der Waals surface area (Å²) in [5.74, 6) is -0.948. The normalized spacial score (nSPS) is 10.6. The number of nitrogens with zero attached hydrogens (tertiary/aromatic N) is 2. The molecule has 1 aromatic heterocycles. The number of hydrogen-bond acceptors (Lipinski definition) is 6. The number of ether oxygens (including phenoxy) is 2. The Morgan fingerprint density at radius 2 is 1.76 bits per heavy atom. The monoisotopic (exact) mass is 403 g/mol. The molecule has 2 aromatic carbocycles. The summed E-state index contributed by atoms with van der Waals surface area (Å²) in [7, 11) is 6.05. The minimum absolute atomic E-state index is 0.0425. The summed E-state index contributed by atoms with van der Waals surface area (Å²) in [6.07, 6.45) is 0. The van der Waals surface area contributed by atoms with Crippen molar-refractivity contribution in [2.45, 2.75) is 0 Å². The van der Waals surface area contributed by atoms with Crippen LogP contribution < -0.4 is 19.7 Å². The molecule has 0 bridgehead atoms. The number of carbonyl (C=O) groups excluding carboxylic acids is 1. The zero-order valence-electron chi connectivity index (χ0n) is 16.2. The first-order valence-electron chi connectivity index (χ1n) is 8.51. The number of nitrogens with one attached hydrogen (secondary N) is 1. The topological polar surface area (TPSA) is 76.8 Å². The smallest absolute Gasteiger partial charge is 0.277 e. The van der Waals surface area contributed by atoms with E-state index in [4.69, 9.17) is 14.0 Å². The van der Waals surface area contributed by atoms with Crippen LogP contribution in [0.1, 0.15) is 10.5 Å². The van der Waals surface area contributed by atoms with Gasteiger partial charge in [-0.25, -0.2) is 8.78 Å². The molecular formula is C20H19F2N3O4. The van der Waals surface area contributed by atoms with Crippen LogP contribution in [0.4, 0.5) is 20.2 Å². The molecule has 1 amide bonds. The van der Waals surface area contributed by atoms with Crippen LogP contribution >= 0.6 is 0 Å². The van der Waals surface area contributed by atoms with Gasteiger partial charge in [0.1, 0.15) is 17.2 Å². The standard InChI is InChI=1S/C20H19F2N3O4/c1-25(2)19-14(21)7-11(8-15(19)22)23-20(26)16-10-18(29-24-16)13-9-12(27-3)5-6-17(13)28-4/h5-10H,1-4H3,(H,23,26). The highest BCUT2D eigenvalue weighted by Crippen LogP contribution is 2.34. The maximum absolute atomic E-state index is 14.1. The van der Waals surface area contributed by atoms with Gasteiger partial charge in [-0.15, -0.1) is 0 Å². The summed E-state index contributed by atoms with van der Waals surface area (Å²) in [5, 5.41) is 6.14. The van der Waals surface area contributed by atoms with Gasteiger partial charge >= 0.3 is 0 Å². The van der Waals surface area contributed by atoms with E-state index < -0.39 is 17.5 Å². The maximum atomic E-state index is 14.1. The Bertz CT molecular complexity index is 1030. The van der Waals surface area contributed by atoms with E-state index in [-0.39, 0.29) is 22.8 Å². The van der Waals surface area contributed by atoms with Gasteiger partial charge in [0.15, 0.2) is 23.1 Å². The first kappa shape index (κ1) is 20.1. The van der Waals surface area contributed by atoms with Crippen molar-refractivity contribution in [3.63, 3.8) is 0 Å². The lowest BCUT2D eigenvalue weighted by atomic mass is 10.1. The fourth-order valence-electron chi connectivity index (χ4n) is 2.78. The lowest BCUT2D eigenvalue weighted by molar-refractivity contribution is 0.101. The average molecular weight is 403 g/mol. The van der Waals surface area contributed by atoms with Gasteiger partial charge in [-0.05, 0) is 30.3 Å². The van der Waals surface area contributed by atoms with Crippen LogP contribution in [-0.4, -0.2) is 39.4 Å².